The fraction of sp³-hybridized carbons (Fsp3) is 0.259. The second kappa shape index (κ2) is 10.7. The number of hydrogen-bond acceptors (Lipinski definition) is 6. The molecule has 0 atom stereocenters. The zero-order chi connectivity index (χ0) is 24.8. The van der Waals surface area contributed by atoms with E-state index in [2.05, 4.69) is 21.7 Å². The third-order valence-electron chi connectivity index (χ3n) is 5.68. The minimum absolute atomic E-state index is 0.00618. The molecular weight excluding hydrogens is 442 g/mol. The molecule has 0 bridgehead atoms. The number of aromatic nitrogens is 2. The number of rotatable bonds is 3. The molecule has 0 aliphatic carbocycles. The van der Waals surface area contributed by atoms with Crippen LogP contribution in [0.2, 0.25) is 0 Å². The first-order valence-electron chi connectivity index (χ1n) is 11.3. The summed E-state index contributed by atoms with van der Waals surface area (Å²) in [4.78, 5) is 39.0. The highest BCUT2D eigenvalue weighted by Crippen LogP contribution is 2.25. The van der Waals surface area contributed by atoms with Crippen molar-refractivity contribution in [3.8, 4) is 23.1 Å². The van der Waals surface area contributed by atoms with Crippen LogP contribution in [-0.4, -0.2) is 79.2 Å². The van der Waals surface area contributed by atoms with Crippen LogP contribution in [0.5, 0.6) is 0 Å². The van der Waals surface area contributed by atoms with Crippen molar-refractivity contribution in [1.29, 1.82) is 0 Å². The van der Waals surface area contributed by atoms with Crippen molar-refractivity contribution in [2.45, 2.75) is 0 Å². The highest BCUT2D eigenvalue weighted by Gasteiger charge is 2.24. The van der Waals surface area contributed by atoms with Crippen LogP contribution < -0.4 is 4.90 Å². The SMILES string of the molecule is COC(=O)c1cc(-c2ccc(C#Cc3cccnc3)cc2)nc(N2CCN(C(=O)N(C)C)CC2)c1. The summed E-state index contributed by atoms with van der Waals surface area (Å²) in [7, 11) is 4.86. The fourth-order valence-electron chi connectivity index (χ4n) is 3.78. The number of methoxy groups -OCH3 is 1. The summed E-state index contributed by atoms with van der Waals surface area (Å²) in [6.07, 6.45) is 3.44. The van der Waals surface area contributed by atoms with Gasteiger partial charge in [0.1, 0.15) is 5.82 Å². The topological polar surface area (TPSA) is 78.9 Å². The third kappa shape index (κ3) is 5.76. The summed E-state index contributed by atoms with van der Waals surface area (Å²) >= 11 is 0. The lowest BCUT2D eigenvalue weighted by Crippen LogP contribution is -2.51. The lowest BCUT2D eigenvalue weighted by Gasteiger charge is -2.36. The third-order valence-corrected chi connectivity index (χ3v) is 5.68. The van der Waals surface area contributed by atoms with Gasteiger partial charge in [0.25, 0.3) is 0 Å². The minimum Gasteiger partial charge on any atom is -0.465 e. The second-order valence-corrected chi connectivity index (χ2v) is 8.31. The molecule has 1 saturated heterocycles. The van der Waals surface area contributed by atoms with Gasteiger partial charge in [0, 0.05) is 69.4 Å². The standard InChI is InChI=1S/C27H27N5O3/c1-30(2)27(34)32-15-13-31(14-16-32)25-18-23(26(33)35-3)17-24(29-25)22-10-8-20(9-11-22)6-7-21-5-4-12-28-19-21/h4-5,8-12,17-19H,13-16H2,1-3H3. The van der Waals surface area contributed by atoms with E-state index in [-0.39, 0.29) is 6.03 Å². The summed E-state index contributed by atoms with van der Waals surface area (Å²) < 4.78 is 4.97. The Hall–Kier alpha value is -4.38. The zero-order valence-electron chi connectivity index (χ0n) is 20.1. The maximum atomic E-state index is 12.4. The number of benzene rings is 1. The summed E-state index contributed by atoms with van der Waals surface area (Å²) in [6.45, 7) is 2.42. The fourth-order valence-corrected chi connectivity index (χ4v) is 3.78. The van der Waals surface area contributed by atoms with Gasteiger partial charge in [-0.3, -0.25) is 4.98 Å². The molecule has 1 aliphatic heterocycles. The van der Waals surface area contributed by atoms with Gasteiger partial charge in [0.2, 0.25) is 0 Å². The number of carbonyl (C=O) groups excluding carboxylic acids is 2. The van der Waals surface area contributed by atoms with Crippen molar-refractivity contribution < 1.29 is 14.3 Å². The molecule has 4 rings (SSSR count). The average molecular weight is 470 g/mol. The zero-order valence-corrected chi connectivity index (χ0v) is 20.1. The van der Waals surface area contributed by atoms with Crippen LogP contribution in [0.4, 0.5) is 10.6 Å². The lowest BCUT2D eigenvalue weighted by atomic mass is 10.1. The number of piperazine rings is 1. The van der Waals surface area contributed by atoms with E-state index >= 15 is 0 Å². The van der Waals surface area contributed by atoms with Crippen LogP contribution >= 0.6 is 0 Å². The molecule has 178 valence electrons. The number of urea groups is 1. The normalized spacial score (nSPS) is 13.0. The molecule has 3 aromatic rings. The first-order valence-corrected chi connectivity index (χ1v) is 11.3. The van der Waals surface area contributed by atoms with E-state index in [0.29, 0.717) is 43.3 Å². The summed E-state index contributed by atoms with van der Waals surface area (Å²) in [6, 6.07) is 15.0. The maximum Gasteiger partial charge on any atom is 0.338 e. The number of nitrogens with zero attached hydrogens (tertiary/aromatic N) is 5. The van der Waals surface area contributed by atoms with E-state index < -0.39 is 5.97 Å². The molecule has 1 fully saturated rings. The van der Waals surface area contributed by atoms with Crippen molar-refractivity contribution >= 4 is 17.8 Å². The summed E-state index contributed by atoms with van der Waals surface area (Å²) in [5, 5.41) is 0. The van der Waals surface area contributed by atoms with Crippen LogP contribution in [0, 0.1) is 11.8 Å². The van der Waals surface area contributed by atoms with Crippen LogP contribution in [-0.2, 0) is 4.74 Å². The van der Waals surface area contributed by atoms with E-state index in [4.69, 9.17) is 9.72 Å². The van der Waals surface area contributed by atoms with Gasteiger partial charge in [-0.05, 0) is 36.4 Å². The molecule has 0 N–H and O–H groups in total. The molecule has 0 spiro atoms. The van der Waals surface area contributed by atoms with E-state index in [1.54, 1.807) is 43.5 Å². The number of esters is 1. The predicted molar refractivity (Wildman–Crippen MR) is 134 cm³/mol. The molecule has 0 saturated carbocycles. The van der Waals surface area contributed by atoms with Crippen molar-refractivity contribution in [3.05, 3.63) is 77.6 Å². The summed E-state index contributed by atoms with van der Waals surface area (Å²) in [5.74, 6) is 6.49. The first kappa shape index (κ1) is 23.8. The predicted octanol–water partition coefficient (Wildman–Crippen LogP) is 3.13. The Labute approximate surface area is 205 Å². The van der Waals surface area contributed by atoms with E-state index in [9.17, 15) is 9.59 Å². The smallest absolute Gasteiger partial charge is 0.338 e. The molecule has 1 aromatic carbocycles. The molecule has 35 heavy (non-hydrogen) atoms. The van der Waals surface area contributed by atoms with Crippen molar-refractivity contribution in [3.63, 3.8) is 0 Å². The largest absolute Gasteiger partial charge is 0.465 e. The lowest BCUT2D eigenvalue weighted by molar-refractivity contribution is 0.0600. The van der Waals surface area contributed by atoms with Crippen LogP contribution in [0.15, 0.2) is 60.9 Å². The van der Waals surface area contributed by atoms with E-state index in [0.717, 1.165) is 16.7 Å². The first-order chi connectivity index (χ1) is 16.9. The van der Waals surface area contributed by atoms with Crippen molar-refractivity contribution in [1.82, 2.24) is 19.8 Å². The van der Waals surface area contributed by atoms with Crippen LogP contribution in [0.25, 0.3) is 11.3 Å². The van der Waals surface area contributed by atoms with Gasteiger partial charge in [-0.2, -0.15) is 0 Å². The van der Waals surface area contributed by atoms with Crippen molar-refractivity contribution in [2.24, 2.45) is 0 Å². The molecular formula is C27H27N5O3. The average Bonchev–Trinajstić information content (AvgIpc) is 2.91. The monoisotopic (exact) mass is 469 g/mol. The highest BCUT2D eigenvalue weighted by molar-refractivity contribution is 5.91. The molecule has 3 heterocycles. The van der Waals surface area contributed by atoms with Gasteiger partial charge in [0.15, 0.2) is 0 Å². The van der Waals surface area contributed by atoms with Crippen LogP contribution in [0.3, 0.4) is 0 Å². The molecule has 0 radical (unpaired) electrons. The number of carbonyl (C=O) groups is 2. The maximum absolute atomic E-state index is 12.4. The van der Waals surface area contributed by atoms with Gasteiger partial charge in [-0.1, -0.05) is 24.0 Å². The van der Waals surface area contributed by atoms with Crippen molar-refractivity contribution in [2.75, 3.05) is 52.3 Å². The minimum atomic E-state index is -0.421. The number of amides is 2. The Morgan fingerprint density at radius 2 is 1.69 bits per heavy atom. The number of pyridine rings is 2. The molecule has 8 heteroatoms. The Bertz CT molecular complexity index is 1260. The van der Waals surface area contributed by atoms with E-state index in [1.807, 2.05) is 41.3 Å². The Kier molecular flexibility index (Phi) is 7.27. The van der Waals surface area contributed by atoms with Gasteiger partial charge in [-0.25, -0.2) is 14.6 Å². The molecule has 8 nitrogen and oxygen atoms in total. The highest BCUT2D eigenvalue weighted by atomic mass is 16.5. The Morgan fingerprint density at radius 3 is 2.31 bits per heavy atom. The number of ether oxygens (including phenoxy) is 1. The molecule has 1 aliphatic rings. The summed E-state index contributed by atoms with van der Waals surface area (Å²) in [5.41, 5.74) is 3.68. The van der Waals surface area contributed by atoms with E-state index in [1.165, 1.54) is 7.11 Å². The van der Waals surface area contributed by atoms with Gasteiger partial charge < -0.3 is 19.4 Å². The Morgan fingerprint density at radius 1 is 0.971 bits per heavy atom. The van der Waals surface area contributed by atoms with Gasteiger partial charge in [-0.15, -0.1) is 0 Å². The molecule has 0 unspecified atom stereocenters. The van der Waals surface area contributed by atoms with Gasteiger partial charge in [0.05, 0.1) is 18.4 Å². The number of hydrogen-bond donors (Lipinski definition) is 0. The number of anilines is 1. The van der Waals surface area contributed by atoms with Crippen LogP contribution in [0.1, 0.15) is 21.5 Å². The Balaban J connectivity index is 1.57. The van der Waals surface area contributed by atoms with Gasteiger partial charge >= 0.3 is 12.0 Å². The molecule has 2 amide bonds. The second-order valence-electron chi connectivity index (χ2n) is 8.31. The quantitative estimate of drug-likeness (QED) is 0.433. The molecule has 2 aromatic heterocycles.